The number of nitrogens with one attached hydrogen (secondary N) is 1. The van der Waals surface area contributed by atoms with Crippen LogP contribution in [-0.2, 0) is 19.4 Å². The minimum absolute atomic E-state index is 0.0153. The lowest BCUT2D eigenvalue weighted by Crippen LogP contribution is -2.43. The number of hydrogen-bond acceptors (Lipinski definition) is 5. The zero-order valence-corrected chi connectivity index (χ0v) is 14.4. The van der Waals surface area contributed by atoms with E-state index in [9.17, 15) is 22.8 Å². The van der Waals surface area contributed by atoms with Crippen LogP contribution in [0, 0.1) is 0 Å². The number of imide groups is 1. The maximum absolute atomic E-state index is 12.3. The van der Waals surface area contributed by atoms with Crippen molar-refractivity contribution in [2.45, 2.75) is 23.8 Å². The molecule has 1 N–H and O–H groups in total. The van der Waals surface area contributed by atoms with Gasteiger partial charge < -0.3 is 10.2 Å². The van der Waals surface area contributed by atoms with Gasteiger partial charge in [0.2, 0.25) is 11.8 Å². The number of likely N-dealkylation sites (tertiary alicyclic amines) is 1. The molecule has 3 rings (SSSR count). The van der Waals surface area contributed by atoms with E-state index in [0.717, 1.165) is 4.90 Å². The molecule has 1 aromatic rings. The first-order valence-corrected chi connectivity index (χ1v) is 9.69. The molecule has 1 atom stereocenters. The first-order valence-electron chi connectivity index (χ1n) is 8.04. The summed E-state index contributed by atoms with van der Waals surface area (Å²) >= 11 is 0. The molecular weight excluding hydrogens is 346 g/mol. The second kappa shape index (κ2) is 6.83. The second-order valence-corrected chi connectivity index (χ2v) is 8.20. The molecule has 0 spiro atoms. The van der Waals surface area contributed by atoms with Crippen molar-refractivity contribution in [3.05, 3.63) is 30.3 Å². The Morgan fingerprint density at radius 1 is 1.20 bits per heavy atom. The lowest BCUT2D eigenvalue weighted by Gasteiger charge is -2.21. The van der Waals surface area contributed by atoms with E-state index >= 15 is 0 Å². The van der Waals surface area contributed by atoms with E-state index in [-0.39, 0.29) is 48.0 Å². The smallest absolute Gasteiger partial charge is 0.324 e. The zero-order chi connectivity index (χ0) is 18.0. The average Bonchev–Trinajstić information content (AvgIpc) is 3.20. The van der Waals surface area contributed by atoms with Crippen molar-refractivity contribution in [2.75, 3.05) is 25.4 Å². The van der Waals surface area contributed by atoms with Gasteiger partial charge in [-0.05, 0) is 18.6 Å². The Hall–Kier alpha value is -2.42. The molecule has 2 heterocycles. The van der Waals surface area contributed by atoms with Crippen LogP contribution in [0.5, 0.6) is 0 Å². The van der Waals surface area contributed by atoms with E-state index < -0.39 is 15.9 Å². The molecule has 2 aliphatic heterocycles. The molecule has 8 nitrogen and oxygen atoms in total. The lowest BCUT2D eigenvalue weighted by atomic mass is 10.2. The maximum atomic E-state index is 12.3. The highest BCUT2D eigenvalue weighted by atomic mass is 32.2. The van der Waals surface area contributed by atoms with E-state index in [1.807, 2.05) is 0 Å². The molecular formula is C16H19N3O5S. The average molecular weight is 365 g/mol. The summed E-state index contributed by atoms with van der Waals surface area (Å²) < 4.78 is 24.5. The molecule has 0 radical (unpaired) electrons. The van der Waals surface area contributed by atoms with Crippen molar-refractivity contribution < 1.29 is 22.8 Å². The highest BCUT2D eigenvalue weighted by Crippen LogP contribution is 2.19. The third-order valence-electron chi connectivity index (χ3n) is 4.45. The largest absolute Gasteiger partial charge is 0.341 e. The molecule has 1 unspecified atom stereocenters. The third-order valence-corrected chi connectivity index (χ3v) is 6.18. The Morgan fingerprint density at radius 3 is 2.56 bits per heavy atom. The summed E-state index contributed by atoms with van der Waals surface area (Å²) in [5, 5.41) is 2.46. The number of carbonyl (C=O) groups excluding carboxylic acids is 3. The molecule has 2 fully saturated rings. The van der Waals surface area contributed by atoms with E-state index in [1.165, 1.54) is 17.0 Å². The standard InChI is InChI=1S/C16H19N3O5S/c20-14(7-9-25(23,24)13-4-2-1-3-5-13)18-8-6-12(11-18)19-15(21)10-17-16(19)22/h1-5,12H,6-11H2,(H,17,22). The SMILES string of the molecule is O=C(CCS(=O)(=O)c1ccccc1)N1CCC(N2C(=O)CNC2=O)C1. The molecule has 9 heteroatoms. The summed E-state index contributed by atoms with van der Waals surface area (Å²) in [5.74, 6) is -0.842. The van der Waals surface area contributed by atoms with Crippen molar-refractivity contribution in [1.82, 2.24) is 15.1 Å². The van der Waals surface area contributed by atoms with Crippen molar-refractivity contribution >= 4 is 27.7 Å². The Kier molecular flexibility index (Phi) is 4.76. The van der Waals surface area contributed by atoms with E-state index in [1.54, 1.807) is 18.2 Å². The van der Waals surface area contributed by atoms with Crippen LogP contribution < -0.4 is 5.32 Å². The highest BCUT2D eigenvalue weighted by Gasteiger charge is 2.39. The van der Waals surface area contributed by atoms with Gasteiger partial charge in [-0.25, -0.2) is 13.2 Å². The van der Waals surface area contributed by atoms with Crippen molar-refractivity contribution in [2.24, 2.45) is 0 Å². The fourth-order valence-corrected chi connectivity index (χ4v) is 4.36. The summed E-state index contributed by atoms with van der Waals surface area (Å²) in [6.07, 6.45) is 0.389. The Balaban J connectivity index is 1.56. The topological polar surface area (TPSA) is 104 Å². The van der Waals surface area contributed by atoms with Crippen LogP contribution in [0.1, 0.15) is 12.8 Å². The summed E-state index contributed by atoms with van der Waals surface area (Å²) in [6, 6.07) is 7.23. The van der Waals surface area contributed by atoms with Crippen LogP contribution >= 0.6 is 0 Å². The molecule has 0 aromatic heterocycles. The van der Waals surface area contributed by atoms with Gasteiger partial charge in [-0.2, -0.15) is 0 Å². The number of benzene rings is 1. The molecule has 25 heavy (non-hydrogen) atoms. The number of nitrogens with zero attached hydrogens (tertiary/aromatic N) is 2. The van der Waals surface area contributed by atoms with Gasteiger partial charge in [-0.3, -0.25) is 14.5 Å². The molecule has 4 amide bonds. The third kappa shape index (κ3) is 3.65. The van der Waals surface area contributed by atoms with Crippen molar-refractivity contribution in [1.29, 1.82) is 0 Å². The minimum Gasteiger partial charge on any atom is -0.341 e. The van der Waals surface area contributed by atoms with E-state index in [2.05, 4.69) is 5.32 Å². The normalized spacial score (nSPS) is 20.9. The number of hydrogen-bond donors (Lipinski definition) is 1. The van der Waals surface area contributed by atoms with Gasteiger partial charge in [-0.15, -0.1) is 0 Å². The van der Waals surface area contributed by atoms with Gasteiger partial charge in [0.25, 0.3) is 0 Å². The fraction of sp³-hybridized carbons (Fsp3) is 0.438. The van der Waals surface area contributed by atoms with Gasteiger partial charge in [-0.1, -0.05) is 18.2 Å². The Morgan fingerprint density at radius 2 is 1.92 bits per heavy atom. The molecule has 134 valence electrons. The molecule has 1 aromatic carbocycles. The van der Waals surface area contributed by atoms with Gasteiger partial charge in [0.1, 0.15) is 0 Å². The molecule has 0 aliphatic carbocycles. The number of urea groups is 1. The zero-order valence-electron chi connectivity index (χ0n) is 13.6. The molecule has 2 aliphatic rings. The summed E-state index contributed by atoms with van der Waals surface area (Å²) in [6.45, 7) is 0.647. The summed E-state index contributed by atoms with van der Waals surface area (Å²) in [5.41, 5.74) is 0. The first-order chi connectivity index (χ1) is 11.9. The highest BCUT2D eigenvalue weighted by molar-refractivity contribution is 7.91. The van der Waals surface area contributed by atoms with Gasteiger partial charge in [0.05, 0.1) is 23.2 Å². The van der Waals surface area contributed by atoms with Crippen LogP contribution in [0.2, 0.25) is 0 Å². The molecule has 0 bridgehead atoms. The van der Waals surface area contributed by atoms with Gasteiger partial charge in [0.15, 0.2) is 9.84 Å². The van der Waals surface area contributed by atoms with Gasteiger partial charge >= 0.3 is 6.03 Å². The minimum atomic E-state index is -3.51. The maximum Gasteiger partial charge on any atom is 0.324 e. The number of rotatable bonds is 5. The summed E-state index contributed by atoms with van der Waals surface area (Å²) in [7, 11) is -3.51. The molecule has 0 saturated carbocycles. The lowest BCUT2D eigenvalue weighted by molar-refractivity contribution is -0.131. The quantitative estimate of drug-likeness (QED) is 0.740. The van der Waals surface area contributed by atoms with Crippen LogP contribution in [0.3, 0.4) is 0 Å². The summed E-state index contributed by atoms with van der Waals surface area (Å²) in [4.78, 5) is 38.6. The Bertz CT molecular complexity index is 777. The van der Waals surface area contributed by atoms with Crippen molar-refractivity contribution in [3.8, 4) is 0 Å². The number of sulfone groups is 1. The monoisotopic (exact) mass is 365 g/mol. The first kappa shape index (κ1) is 17.4. The van der Waals surface area contributed by atoms with Crippen molar-refractivity contribution in [3.63, 3.8) is 0 Å². The second-order valence-electron chi connectivity index (χ2n) is 6.09. The Labute approximate surface area is 145 Å². The van der Waals surface area contributed by atoms with Crippen LogP contribution in [-0.4, -0.2) is 67.5 Å². The molecule has 2 saturated heterocycles. The number of carbonyl (C=O) groups is 3. The fourth-order valence-electron chi connectivity index (χ4n) is 3.11. The predicted molar refractivity (Wildman–Crippen MR) is 88.3 cm³/mol. The van der Waals surface area contributed by atoms with Crippen LogP contribution in [0.25, 0.3) is 0 Å². The number of amides is 4. The van der Waals surface area contributed by atoms with E-state index in [4.69, 9.17) is 0 Å². The van der Waals surface area contributed by atoms with E-state index in [0.29, 0.717) is 13.0 Å². The predicted octanol–water partition coefficient (Wildman–Crippen LogP) is 0.00310. The van der Waals surface area contributed by atoms with Crippen LogP contribution in [0.4, 0.5) is 4.79 Å². The van der Waals surface area contributed by atoms with Crippen LogP contribution in [0.15, 0.2) is 35.2 Å². The van der Waals surface area contributed by atoms with Gasteiger partial charge in [0, 0.05) is 19.5 Å².